The molecular weight excluding hydrogens is 299 g/mol. The summed E-state index contributed by atoms with van der Waals surface area (Å²) in [6.45, 7) is 6.58. The molecule has 0 bridgehead atoms. The molecule has 1 aliphatic heterocycles. The van der Waals surface area contributed by atoms with Crippen molar-refractivity contribution in [3.63, 3.8) is 0 Å². The van der Waals surface area contributed by atoms with E-state index in [2.05, 4.69) is 29.3 Å². The highest BCUT2D eigenvalue weighted by Crippen LogP contribution is 2.23. The molecule has 0 aliphatic carbocycles. The van der Waals surface area contributed by atoms with E-state index in [1.165, 1.54) is 5.69 Å². The lowest BCUT2D eigenvalue weighted by Gasteiger charge is -2.36. The molecule has 0 radical (unpaired) electrons. The van der Waals surface area contributed by atoms with Crippen LogP contribution in [0.5, 0.6) is 5.75 Å². The van der Waals surface area contributed by atoms with E-state index in [4.69, 9.17) is 9.47 Å². The van der Waals surface area contributed by atoms with E-state index in [9.17, 15) is 0 Å². The molecule has 0 amide bonds. The topological polar surface area (TPSA) is 33.7 Å². The second kappa shape index (κ2) is 10.1. The highest BCUT2D eigenvalue weighted by Gasteiger charge is 2.18. The summed E-state index contributed by atoms with van der Waals surface area (Å²) in [4.78, 5) is 2.42. The Bertz CT molecular complexity index is 380. The van der Waals surface area contributed by atoms with Crippen molar-refractivity contribution in [3.05, 3.63) is 24.3 Å². The van der Waals surface area contributed by atoms with Crippen molar-refractivity contribution in [2.24, 2.45) is 0 Å². The molecule has 0 aromatic heterocycles. The standard InChI is InChI=1S/C14H22N2O2.2ClH/c1-12-11-15-6-7-16(12)13-4-3-5-14(10-13)18-9-8-17-2;;/h3-5,10,12,15H,6-9,11H2,1-2H3;2*1H. The number of nitrogens with one attached hydrogen (secondary N) is 1. The summed E-state index contributed by atoms with van der Waals surface area (Å²) < 4.78 is 10.6. The average Bonchev–Trinajstić information content (AvgIpc) is 2.40. The fraction of sp³-hybridized carbons (Fsp3) is 0.571. The summed E-state index contributed by atoms with van der Waals surface area (Å²) in [5.41, 5.74) is 1.24. The van der Waals surface area contributed by atoms with Crippen LogP contribution in [-0.4, -0.2) is 46.0 Å². The number of hydrogen-bond acceptors (Lipinski definition) is 4. The molecule has 1 atom stereocenters. The van der Waals surface area contributed by atoms with Gasteiger partial charge in [0.2, 0.25) is 0 Å². The van der Waals surface area contributed by atoms with Gasteiger partial charge in [-0.05, 0) is 19.1 Å². The molecule has 20 heavy (non-hydrogen) atoms. The van der Waals surface area contributed by atoms with Crippen molar-refractivity contribution in [1.29, 1.82) is 0 Å². The van der Waals surface area contributed by atoms with Crippen molar-refractivity contribution in [3.8, 4) is 5.75 Å². The van der Waals surface area contributed by atoms with Gasteiger partial charge in [-0.25, -0.2) is 0 Å². The van der Waals surface area contributed by atoms with Crippen molar-refractivity contribution in [1.82, 2.24) is 5.32 Å². The lowest BCUT2D eigenvalue weighted by atomic mass is 10.2. The lowest BCUT2D eigenvalue weighted by molar-refractivity contribution is 0.146. The quantitative estimate of drug-likeness (QED) is 0.844. The molecular formula is C14H24Cl2N2O2. The van der Waals surface area contributed by atoms with Crippen molar-refractivity contribution < 1.29 is 9.47 Å². The molecule has 4 nitrogen and oxygen atoms in total. The number of benzene rings is 1. The van der Waals surface area contributed by atoms with Crippen molar-refractivity contribution in [2.75, 3.05) is 44.9 Å². The van der Waals surface area contributed by atoms with E-state index in [-0.39, 0.29) is 24.8 Å². The zero-order valence-electron chi connectivity index (χ0n) is 12.0. The van der Waals surface area contributed by atoms with Gasteiger partial charge in [-0.1, -0.05) is 6.07 Å². The van der Waals surface area contributed by atoms with E-state index < -0.39 is 0 Å². The van der Waals surface area contributed by atoms with Gasteiger partial charge in [0.25, 0.3) is 0 Å². The molecule has 2 rings (SSSR count). The van der Waals surface area contributed by atoms with Gasteiger partial charge in [-0.3, -0.25) is 0 Å². The zero-order chi connectivity index (χ0) is 12.8. The Labute approximate surface area is 133 Å². The predicted octanol–water partition coefficient (Wildman–Crippen LogP) is 2.35. The number of anilines is 1. The molecule has 0 saturated carbocycles. The highest BCUT2D eigenvalue weighted by atomic mass is 35.5. The van der Waals surface area contributed by atoms with E-state index >= 15 is 0 Å². The minimum atomic E-state index is 0. The van der Waals surface area contributed by atoms with Crippen LogP contribution >= 0.6 is 24.8 Å². The largest absolute Gasteiger partial charge is 0.491 e. The monoisotopic (exact) mass is 322 g/mol. The number of hydrogen-bond donors (Lipinski definition) is 1. The summed E-state index contributed by atoms with van der Waals surface area (Å²) in [7, 11) is 1.68. The molecule has 6 heteroatoms. The van der Waals surface area contributed by atoms with Gasteiger partial charge >= 0.3 is 0 Å². The van der Waals surface area contributed by atoms with Crippen LogP contribution in [0.15, 0.2) is 24.3 Å². The van der Waals surface area contributed by atoms with E-state index in [0.29, 0.717) is 19.3 Å². The maximum atomic E-state index is 5.65. The van der Waals surface area contributed by atoms with E-state index in [1.54, 1.807) is 7.11 Å². The SMILES string of the molecule is COCCOc1cccc(N2CCNCC2C)c1.Cl.Cl. The Morgan fingerprint density at radius 2 is 2.10 bits per heavy atom. The van der Waals surface area contributed by atoms with Crippen LogP contribution in [0, 0.1) is 0 Å². The first kappa shape index (κ1) is 19.3. The molecule has 1 fully saturated rings. The number of ether oxygens (including phenoxy) is 2. The third kappa shape index (κ3) is 5.37. The Morgan fingerprint density at radius 1 is 1.30 bits per heavy atom. The maximum Gasteiger partial charge on any atom is 0.121 e. The first-order valence-corrected chi connectivity index (χ1v) is 6.50. The maximum absolute atomic E-state index is 5.65. The number of nitrogens with zero attached hydrogens (tertiary/aromatic N) is 1. The summed E-state index contributed by atoms with van der Waals surface area (Å²) in [5.74, 6) is 0.912. The second-order valence-corrected chi connectivity index (χ2v) is 4.59. The average molecular weight is 323 g/mol. The molecule has 1 saturated heterocycles. The smallest absolute Gasteiger partial charge is 0.121 e. The van der Waals surface area contributed by atoms with Crippen LogP contribution in [0.2, 0.25) is 0 Å². The van der Waals surface area contributed by atoms with Crippen LogP contribution in [0.1, 0.15) is 6.92 Å². The first-order chi connectivity index (χ1) is 8.81. The van der Waals surface area contributed by atoms with Gasteiger partial charge < -0.3 is 19.7 Å². The summed E-state index contributed by atoms with van der Waals surface area (Å²) >= 11 is 0. The van der Waals surface area contributed by atoms with Crippen LogP contribution in [0.25, 0.3) is 0 Å². The third-order valence-electron chi connectivity index (χ3n) is 3.21. The summed E-state index contributed by atoms with van der Waals surface area (Å²) in [5, 5.41) is 3.40. The fourth-order valence-corrected chi connectivity index (χ4v) is 2.22. The second-order valence-electron chi connectivity index (χ2n) is 4.59. The van der Waals surface area contributed by atoms with Gasteiger partial charge in [0.15, 0.2) is 0 Å². The lowest BCUT2D eigenvalue weighted by Crippen LogP contribution is -2.49. The molecule has 116 valence electrons. The van der Waals surface area contributed by atoms with Crippen molar-refractivity contribution >= 4 is 30.5 Å². The molecule has 1 aromatic carbocycles. The minimum absolute atomic E-state index is 0. The Morgan fingerprint density at radius 3 is 2.80 bits per heavy atom. The minimum Gasteiger partial charge on any atom is -0.491 e. The summed E-state index contributed by atoms with van der Waals surface area (Å²) in [6.07, 6.45) is 0. The predicted molar refractivity (Wildman–Crippen MR) is 88.0 cm³/mol. The molecule has 1 N–H and O–H groups in total. The Kier molecular flexibility index (Phi) is 9.76. The van der Waals surface area contributed by atoms with Crippen LogP contribution in [-0.2, 0) is 4.74 Å². The van der Waals surface area contributed by atoms with Crippen LogP contribution in [0.4, 0.5) is 5.69 Å². The number of piperazine rings is 1. The Hall–Kier alpha value is -0.680. The molecule has 1 heterocycles. The highest BCUT2D eigenvalue weighted by molar-refractivity contribution is 5.85. The van der Waals surface area contributed by atoms with Gasteiger partial charge in [0, 0.05) is 44.5 Å². The molecule has 1 unspecified atom stereocenters. The van der Waals surface area contributed by atoms with Gasteiger partial charge in [0.05, 0.1) is 6.61 Å². The van der Waals surface area contributed by atoms with Crippen LogP contribution in [0.3, 0.4) is 0 Å². The van der Waals surface area contributed by atoms with Crippen LogP contribution < -0.4 is 15.0 Å². The van der Waals surface area contributed by atoms with E-state index in [1.807, 2.05) is 12.1 Å². The fourth-order valence-electron chi connectivity index (χ4n) is 2.22. The zero-order valence-corrected chi connectivity index (χ0v) is 13.6. The van der Waals surface area contributed by atoms with Gasteiger partial charge in [-0.15, -0.1) is 24.8 Å². The summed E-state index contributed by atoms with van der Waals surface area (Å²) in [6, 6.07) is 8.81. The van der Waals surface area contributed by atoms with Gasteiger partial charge in [0.1, 0.15) is 12.4 Å². The third-order valence-corrected chi connectivity index (χ3v) is 3.21. The molecule has 1 aromatic rings. The number of rotatable bonds is 5. The number of halogens is 2. The number of methoxy groups -OCH3 is 1. The normalized spacial score (nSPS) is 17.9. The van der Waals surface area contributed by atoms with Gasteiger partial charge in [-0.2, -0.15) is 0 Å². The first-order valence-electron chi connectivity index (χ1n) is 6.50. The van der Waals surface area contributed by atoms with Crippen molar-refractivity contribution in [2.45, 2.75) is 13.0 Å². The Balaban J connectivity index is 0.00000180. The molecule has 0 spiro atoms. The van der Waals surface area contributed by atoms with E-state index in [0.717, 1.165) is 25.4 Å². The molecule has 1 aliphatic rings.